The maximum Gasteiger partial charge on any atom is 0.240 e. The van der Waals surface area contributed by atoms with Gasteiger partial charge in [-0.05, 0) is 27.2 Å². The third kappa shape index (κ3) is 3.08. The normalized spacial score (nSPS) is 12.5. The summed E-state index contributed by atoms with van der Waals surface area (Å²) in [6, 6.07) is 0.238. The third-order valence-electron chi connectivity index (χ3n) is 2.68. The van der Waals surface area contributed by atoms with E-state index < -0.39 is 0 Å². The molecule has 0 aliphatic heterocycles. The Morgan fingerprint density at radius 1 is 1.60 bits per heavy atom. The van der Waals surface area contributed by atoms with Crippen molar-refractivity contribution in [2.24, 2.45) is 0 Å². The van der Waals surface area contributed by atoms with Crippen molar-refractivity contribution in [1.29, 1.82) is 0 Å². The second-order valence-electron chi connectivity index (χ2n) is 3.92. The Bertz CT molecular complexity index is 344. The van der Waals surface area contributed by atoms with Crippen LogP contribution in [0.1, 0.15) is 31.7 Å². The van der Waals surface area contributed by atoms with Gasteiger partial charge in [0, 0.05) is 11.7 Å². The summed E-state index contributed by atoms with van der Waals surface area (Å²) in [4.78, 5) is 15.7. The molecule has 1 rings (SSSR count). The van der Waals surface area contributed by atoms with Crippen LogP contribution in [0, 0.1) is 13.8 Å². The summed E-state index contributed by atoms with van der Waals surface area (Å²) in [5.74, 6) is 0.0462. The van der Waals surface area contributed by atoms with Crippen LogP contribution in [-0.4, -0.2) is 21.5 Å². The molecule has 1 unspecified atom stereocenters. The molecule has 0 aromatic carbocycles. The number of imidazole rings is 1. The fourth-order valence-electron chi connectivity index (χ4n) is 1.28. The lowest BCUT2D eigenvalue weighted by molar-refractivity contribution is -0.122. The second-order valence-corrected chi connectivity index (χ2v) is 3.92. The van der Waals surface area contributed by atoms with E-state index in [9.17, 15) is 4.79 Å². The average molecular weight is 209 g/mol. The Labute approximate surface area is 90.7 Å². The minimum Gasteiger partial charge on any atom is -0.352 e. The summed E-state index contributed by atoms with van der Waals surface area (Å²) in [6.45, 7) is 8.33. The van der Waals surface area contributed by atoms with Gasteiger partial charge in [0.05, 0.1) is 12.0 Å². The fraction of sp³-hybridized carbons (Fsp3) is 0.636. The standard InChI is InChI=1S/C11H19N3O/c1-5-8(2)13-11(15)6-14-7-12-9(3)10(14)4/h7-8H,5-6H2,1-4H3,(H,13,15). The number of carbonyl (C=O) groups is 1. The first-order valence-corrected chi connectivity index (χ1v) is 5.32. The molecule has 1 heterocycles. The molecule has 4 nitrogen and oxygen atoms in total. The summed E-state index contributed by atoms with van der Waals surface area (Å²) in [5.41, 5.74) is 2.03. The highest BCUT2D eigenvalue weighted by Gasteiger charge is 2.08. The maximum absolute atomic E-state index is 11.6. The lowest BCUT2D eigenvalue weighted by Gasteiger charge is -2.12. The number of hydrogen-bond acceptors (Lipinski definition) is 2. The fourth-order valence-corrected chi connectivity index (χ4v) is 1.28. The summed E-state index contributed by atoms with van der Waals surface area (Å²) < 4.78 is 1.87. The number of aromatic nitrogens is 2. The highest BCUT2D eigenvalue weighted by molar-refractivity contribution is 5.76. The molecule has 0 saturated heterocycles. The van der Waals surface area contributed by atoms with Crippen LogP contribution in [0.2, 0.25) is 0 Å². The van der Waals surface area contributed by atoms with Crippen LogP contribution in [0.15, 0.2) is 6.33 Å². The molecular weight excluding hydrogens is 190 g/mol. The molecule has 0 aliphatic carbocycles. The summed E-state index contributed by atoms with van der Waals surface area (Å²) in [6.07, 6.45) is 2.66. The van der Waals surface area contributed by atoms with Crippen LogP contribution in [0.5, 0.6) is 0 Å². The summed E-state index contributed by atoms with van der Waals surface area (Å²) in [5, 5.41) is 2.93. The zero-order valence-electron chi connectivity index (χ0n) is 9.87. The second kappa shape index (κ2) is 4.96. The maximum atomic E-state index is 11.6. The van der Waals surface area contributed by atoms with Crippen LogP contribution in [0.25, 0.3) is 0 Å². The third-order valence-corrected chi connectivity index (χ3v) is 2.68. The molecule has 1 amide bonds. The quantitative estimate of drug-likeness (QED) is 0.815. The Hall–Kier alpha value is -1.32. The Kier molecular flexibility index (Phi) is 3.88. The predicted octanol–water partition coefficient (Wildman–Crippen LogP) is 1.41. The number of aryl methyl sites for hydroxylation is 1. The molecule has 0 spiro atoms. The molecule has 0 radical (unpaired) electrons. The van der Waals surface area contributed by atoms with Gasteiger partial charge >= 0.3 is 0 Å². The molecule has 84 valence electrons. The van der Waals surface area contributed by atoms with E-state index in [0.717, 1.165) is 17.8 Å². The summed E-state index contributed by atoms with van der Waals surface area (Å²) in [7, 11) is 0. The molecule has 15 heavy (non-hydrogen) atoms. The largest absolute Gasteiger partial charge is 0.352 e. The molecule has 1 N–H and O–H groups in total. The number of nitrogens with zero attached hydrogens (tertiary/aromatic N) is 2. The van der Waals surface area contributed by atoms with Gasteiger partial charge in [0.2, 0.25) is 5.91 Å². The van der Waals surface area contributed by atoms with Crippen molar-refractivity contribution >= 4 is 5.91 Å². The van der Waals surface area contributed by atoms with E-state index >= 15 is 0 Å². The zero-order valence-corrected chi connectivity index (χ0v) is 9.87. The lowest BCUT2D eigenvalue weighted by atomic mass is 10.2. The van der Waals surface area contributed by atoms with E-state index in [1.807, 2.05) is 25.3 Å². The van der Waals surface area contributed by atoms with Crippen LogP contribution in [0.4, 0.5) is 0 Å². The minimum absolute atomic E-state index is 0.0462. The van der Waals surface area contributed by atoms with Crippen LogP contribution in [-0.2, 0) is 11.3 Å². The van der Waals surface area contributed by atoms with Crippen molar-refractivity contribution in [2.45, 2.75) is 46.7 Å². The number of amides is 1. The lowest BCUT2D eigenvalue weighted by Crippen LogP contribution is -2.34. The van der Waals surface area contributed by atoms with Crippen molar-refractivity contribution in [3.8, 4) is 0 Å². The van der Waals surface area contributed by atoms with E-state index in [1.54, 1.807) is 6.33 Å². The first-order chi connectivity index (χ1) is 7.04. The van der Waals surface area contributed by atoms with Crippen molar-refractivity contribution in [1.82, 2.24) is 14.9 Å². The van der Waals surface area contributed by atoms with Gasteiger partial charge in [0.1, 0.15) is 6.54 Å². The molecule has 0 bridgehead atoms. The Morgan fingerprint density at radius 3 is 2.73 bits per heavy atom. The SMILES string of the molecule is CCC(C)NC(=O)Cn1cnc(C)c1C. The van der Waals surface area contributed by atoms with Gasteiger partial charge in [-0.1, -0.05) is 6.92 Å². The number of hydrogen-bond donors (Lipinski definition) is 1. The van der Waals surface area contributed by atoms with Crippen LogP contribution in [0.3, 0.4) is 0 Å². The number of carbonyl (C=O) groups excluding carboxylic acids is 1. The molecule has 0 aliphatic rings. The van der Waals surface area contributed by atoms with Gasteiger partial charge in [0.15, 0.2) is 0 Å². The average Bonchev–Trinajstić information content (AvgIpc) is 2.49. The highest BCUT2D eigenvalue weighted by atomic mass is 16.2. The Balaban J connectivity index is 2.55. The molecule has 0 fully saturated rings. The molecule has 0 saturated carbocycles. The molecular formula is C11H19N3O. The van der Waals surface area contributed by atoms with Gasteiger partial charge in [0.25, 0.3) is 0 Å². The van der Waals surface area contributed by atoms with E-state index in [4.69, 9.17) is 0 Å². The van der Waals surface area contributed by atoms with Gasteiger partial charge in [-0.2, -0.15) is 0 Å². The van der Waals surface area contributed by atoms with E-state index in [2.05, 4.69) is 17.2 Å². The topological polar surface area (TPSA) is 46.9 Å². The first kappa shape index (κ1) is 11.8. The van der Waals surface area contributed by atoms with Gasteiger partial charge in [-0.15, -0.1) is 0 Å². The Morgan fingerprint density at radius 2 is 2.27 bits per heavy atom. The molecule has 1 aromatic rings. The first-order valence-electron chi connectivity index (χ1n) is 5.32. The van der Waals surface area contributed by atoms with E-state index in [0.29, 0.717) is 6.54 Å². The van der Waals surface area contributed by atoms with Gasteiger partial charge in [-0.3, -0.25) is 4.79 Å². The number of rotatable bonds is 4. The van der Waals surface area contributed by atoms with Gasteiger partial charge < -0.3 is 9.88 Å². The highest BCUT2D eigenvalue weighted by Crippen LogP contribution is 2.03. The van der Waals surface area contributed by atoms with Crippen LogP contribution >= 0.6 is 0 Å². The predicted molar refractivity (Wildman–Crippen MR) is 59.6 cm³/mol. The molecule has 1 aromatic heterocycles. The summed E-state index contributed by atoms with van der Waals surface area (Å²) >= 11 is 0. The number of nitrogens with one attached hydrogen (secondary N) is 1. The monoisotopic (exact) mass is 209 g/mol. The van der Waals surface area contributed by atoms with Gasteiger partial charge in [-0.25, -0.2) is 4.98 Å². The van der Waals surface area contributed by atoms with Crippen molar-refractivity contribution in [3.63, 3.8) is 0 Å². The van der Waals surface area contributed by atoms with Crippen molar-refractivity contribution < 1.29 is 4.79 Å². The molecule has 4 heteroatoms. The molecule has 1 atom stereocenters. The van der Waals surface area contributed by atoms with E-state index in [1.165, 1.54) is 0 Å². The van der Waals surface area contributed by atoms with Crippen molar-refractivity contribution in [3.05, 3.63) is 17.7 Å². The van der Waals surface area contributed by atoms with E-state index in [-0.39, 0.29) is 11.9 Å². The zero-order chi connectivity index (χ0) is 11.4. The smallest absolute Gasteiger partial charge is 0.240 e. The van der Waals surface area contributed by atoms with Crippen LogP contribution < -0.4 is 5.32 Å². The minimum atomic E-state index is 0.0462. The van der Waals surface area contributed by atoms with Crippen molar-refractivity contribution in [2.75, 3.05) is 0 Å².